The van der Waals surface area contributed by atoms with E-state index in [4.69, 9.17) is 4.74 Å². The fraction of sp³-hybridized carbons (Fsp3) is 0.476. The van der Waals surface area contributed by atoms with E-state index < -0.39 is 6.10 Å². The largest absolute Gasteiger partial charge is 0.480 e. The zero-order valence-electron chi connectivity index (χ0n) is 15.0. The highest BCUT2D eigenvalue weighted by atomic mass is 16.5. The van der Waals surface area contributed by atoms with Gasteiger partial charge in [0.15, 0.2) is 6.10 Å². The molecule has 2 atom stereocenters. The molecule has 0 aliphatic rings. The smallest absolute Gasteiger partial charge is 0.260 e. The molecule has 3 nitrogen and oxygen atoms in total. The van der Waals surface area contributed by atoms with Crippen molar-refractivity contribution >= 4 is 16.7 Å². The normalized spacial score (nSPS) is 13.5. The first-order chi connectivity index (χ1) is 11.7. The number of unbranched alkanes of at least 4 members (excludes halogenated alkanes) is 1. The molecule has 2 aromatic carbocycles. The first-order valence-electron chi connectivity index (χ1n) is 9.07. The van der Waals surface area contributed by atoms with E-state index in [-0.39, 0.29) is 5.91 Å². The molecule has 0 fully saturated rings. The summed E-state index contributed by atoms with van der Waals surface area (Å²) in [5.41, 5.74) is 0. The summed E-state index contributed by atoms with van der Waals surface area (Å²) in [6.45, 7) is 6.93. The third kappa shape index (κ3) is 4.98. The van der Waals surface area contributed by atoms with Crippen molar-refractivity contribution in [1.82, 2.24) is 5.32 Å². The van der Waals surface area contributed by atoms with Crippen molar-refractivity contribution in [2.45, 2.75) is 52.6 Å². The van der Waals surface area contributed by atoms with Crippen LogP contribution in [0.5, 0.6) is 5.75 Å². The van der Waals surface area contributed by atoms with Gasteiger partial charge in [-0.1, -0.05) is 69.5 Å². The molecule has 0 unspecified atom stereocenters. The van der Waals surface area contributed by atoms with Crippen molar-refractivity contribution in [3.8, 4) is 5.75 Å². The van der Waals surface area contributed by atoms with E-state index in [9.17, 15) is 4.79 Å². The van der Waals surface area contributed by atoms with Gasteiger partial charge < -0.3 is 10.1 Å². The molecule has 1 amide bonds. The lowest BCUT2D eigenvalue weighted by molar-refractivity contribution is -0.127. The molecule has 2 rings (SSSR count). The number of benzene rings is 2. The topological polar surface area (TPSA) is 38.3 Å². The summed E-state index contributed by atoms with van der Waals surface area (Å²) in [7, 11) is 0. The van der Waals surface area contributed by atoms with E-state index in [1.54, 1.807) is 0 Å². The number of carbonyl (C=O) groups excluding carboxylic acids is 1. The molecule has 0 aliphatic carbocycles. The Bertz CT molecular complexity index is 648. The minimum atomic E-state index is -0.500. The lowest BCUT2D eigenvalue weighted by Gasteiger charge is -2.19. The Hall–Kier alpha value is -2.03. The average molecular weight is 327 g/mol. The van der Waals surface area contributed by atoms with Gasteiger partial charge in [-0.05, 0) is 30.7 Å². The van der Waals surface area contributed by atoms with Crippen molar-refractivity contribution in [3.63, 3.8) is 0 Å². The molecule has 0 spiro atoms. The fourth-order valence-electron chi connectivity index (χ4n) is 2.87. The Labute approximate surface area is 145 Å². The predicted octanol–water partition coefficient (Wildman–Crippen LogP) is 4.94. The molecule has 0 aliphatic heterocycles. The van der Waals surface area contributed by atoms with E-state index in [1.165, 1.54) is 19.3 Å². The Balaban J connectivity index is 1.93. The number of fused-ring (bicyclic) bond motifs is 1. The van der Waals surface area contributed by atoms with Crippen LogP contribution in [0, 0.1) is 5.92 Å². The van der Waals surface area contributed by atoms with Crippen LogP contribution in [0.1, 0.15) is 46.5 Å². The van der Waals surface area contributed by atoms with Crippen LogP contribution in [-0.2, 0) is 4.79 Å². The lowest BCUT2D eigenvalue weighted by atomic mass is 9.99. The SMILES string of the molecule is CCCC[C@@H](CC)CNC(=O)[C@H](C)Oc1cccc2ccccc12. The number of rotatable bonds is 9. The third-order valence-corrected chi connectivity index (χ3v) is 4.53. The van der Waals surface area contributed by atoms with Gasteiger partial charge in [0.2, 0.25) is 0 Å². The maximum atomic E-state index is 12.3. The Morgan fingerprint density at radius 1 is 1.12 bits per heavy atom. The molecule has 0 heterocycles. The van der Waals surface area contributed by atoms with Gasteiger partial charge in [-0.3, -0.25) is 4.79 Å². The molecule has 0 saturated carbocycles. The van der Waals surface area contributed by atoms with Crippen LogP contribution in [0.2, 0.25) is 0 Å². The minimum Gasteiger partial charge on any atom is -0.480 e. The molecule has 2 aromatic rings. The molecule has 0 saturated heterocycles. The number of nitrogens with one attached hydrogen (secondary N) is 1. The molecular formula is C21H29NO2. The molecule has 0 bridgehead atoms. The number of hydrogen-bond acceptors (Lipinski definition) is 2. The summed E-state index contributed by atoms with van der Waals surface area (Å²) < 4.78 is 5.92. The van der Waals surface area contributed by atoms with Crippen molar-refractivity contribution in [2.24, 2.45) is 5.92 Å². The Kier molecular flexibility index (Phi) is 7.10. The monoisotopic (exact) mass is 327 g/mol. The van der Waals surface area contributed by atoms with E-state index in [0.717, 1.165) is 29.5 Å². The quantitative estimate of drug-likeness (QED) is 0.708. The average Bonchev–Trinajstić information content (AvgIpc) is 2.62. The van der Waals surface area contributed by atoms with Crippen molar-refractivity contribution in [2.75, 3.05) is 6.54 Å². The van der Waals surface area contributed by atoms with Gasteiger partial charge in [-0.15, -0.1) is 0 Å². The Morgan fingerprint density at radius 3 is 2.62 bits per heavy atom. The summed E-state index contributed by atoms with van der Waals surface area (Å²) >= 11 is 0. The molecule has 3 heteroatoms. The van der Waals surface area contributed by atoms with Gasteiger partial charge in [-0.25, -0.2) is 0 Å². The van der Waals surface area contributed by atoms with Gasteiger partial charge in [0, 0.05) is 11.9 Å². The van der Waals surface area contributed by atoms with E-state index >= 15 is 0 Å². The maximum absolute atomic E-state index is 12.3. The molecular weight excluding hydrogens is 298 g/mol. The maximum Gasteiger partial charge on any atom is 0.260 e. The van der Waals surface area contributed by atoms with Crippen LogP contribution < -0.4 is 10.1 Å². The Morgan fingerprint density at radius 2 is 1.88 bits per heavy atom. The van der Waals surface area contributed by atoms with Crippen LogP contribution in [0.15, 0.2) is 42.5 Å². The number of carbonyl (C=O) groups is 1. The summed E-state index contributed by atoms with van der Waals surface area (Å²) in [4.78, 5) is 12.3. The van der Waals surface area contributed by atoms with Crippen LogP contribution in [-0.4, -0.2) is 18.6 Å². The second-order valence-electron chi connectivity index (χ2n) is 6.40. The number of amides is 1. The standard InChI is InChI=1S/C21H29NO2/c1-4-6-10-17(5-2)15-22-21(23)16(3)24-20-14-9-12-18-11-7-8-13-19(18)20/h7-9,11-14,16-17H,4-6,10,15H2,1-3H3,(H,22,23)/t16-,17+/m0/s1. The van der Waals surface area contributed by atoms with Crippen LogP contribution in [0.4, 0.5) is 0 Å². The highest BCUT2D eigenvalue weighted by Crippen LogP contribution is 2.26. The summed E-state index contributed by atoms with van der Waals surface area (Å²) in [5, 5.41) is 5.20. The minimum absolute atomic E-state index is 0.0436. The second-order valence-corrected chi connectivity index (χ2v) is 6.40. The van der Waals surface area contributed by atoms with Crippen LogP contribution in [0.3, 0.4) is 0 Å². The van der Waals surface area contributed by atoms with Gasteiger partial charge in [-0.2, -0.15) is 0 Å². The number of ether oxygens (including phenoxy) is 1. The van der Waals surface area contributed by atoms with E-state index in [0.29, 0.717) is 5.92 Å². The van der Waals surface area contributed by atoms with E-state index in [1.807, 2.05) is 49.4 Å². The van der Waals surface area contributed by atoms with Crippen LogP contribution >= 0.6 is 0 Å². The third-order valence-electron chi connectivity index (χ3n) is 4.53. The van der Waals surface area contributed by atoms with Crippen LogP contribution in [0.25, 0.3) is 10.8 Å². The zero-order valence-corrected chi connectivity index (χ0v) is 15.0. The van der Waals surface area contributed by atoms with Gasteiger partial charge >= 0.3 is 0 Å². The van der Waals surface area contributed by atoms with Crippen molar-refractivity contribution in [3.05, 3.63) is 42.5 Å². The van der Waals surface area contributed by atoms with Crippen molar-refractivity contribution < 1.29 is 9.53 Å². The highest BCUT2D eigenvalue weighted by molar-refractivity contribution is 5.89. The molecule has 24 heavy (non-hydrogen) atoms. The molecule has 0 radical (unpaired) electrons. The second kappa shape index (κ2) is 9.31. The first kappa shape index (κ1) is 18.3. The molecule has 0 aromatic heterocycles. The lowest BCUT2D eigenvalue weighted by Crippen LogP contribution is -2.38. The first-order valence-corrected chi connectivity index (χ1v) is 9.07. The summed E-state index contributed by atoms with van der Waals surface area (Å²) in [5.74, 6) is 1.27. The fourth-order valence-corrected chi connectivity index (χ4v) is 2.87. The molecule has 130 valence electrons. The molecule has 1 N–H and O–H groups in total. The highest BCUT2D eigenvalue weighted by Gasteiger charge is 2.17. The zero-order chi connectivity index (χ0) is 17.4. The predicted molar refractivity (Wildman–Crippen MR) is 100 cm³/mol. The summed E-state index contributed by atoms with van der Waals surface area (Å²) in [6.07, 6.45) is 4.19. The van der Waals surface area contributed by atoms with Gasteiger partial charge in [0.05, 0.1) is 0 Å². The van der Waals surface area contributed by atoms with Crippen molar-refractivity contribution in [1.29, 1.82) is 0 Å². The van der Waals surface area contributed by atoms with Gasteiger partial charge in [0.1, 0.15) is 5.75 Å². The van der Waals surface area contributed by atoms with E-state index in [2.05, 4.69) is 19.2 Å². The summed E-state index contributed by atoms with van der Waals surface area (Å²) in [6, 6.07) is 14.0. The number of hydrogen-bond donors (Lipinski definition) is 1. The van der Waals surface area contributed by atoms with Gasteiger partial charge in [0.25, 0.3) is 5.91 Å².